The minimum absolute atomic E-state index is 0.227. The summed E-state index contributed by atoms with van der Waals surface area (Å²) in [4.78, 5) is 29.7. The summed E-state index contributed by atoms with van der Waals surface area (Å²) < 4.78 is 0.793. The molecule has 6 nitrogen and oxygen atoms in total. The highest BCUT2D eigenvalue weighted by molar-refractivity contribution is 9.10. The smallest absolute Gasteiger partial charge is 0.261 e. The number of amides is 2. The molecule has 0 fully saturated rings. The van der Waals surface area contributed by atoms with E-state index in [0.29, 0.717) is 30.5 Å². The van der Waals surface area contributed by atoms with Crippen LogP contribution in [-0.4, -0.2) is 38.4 Å². The Morgan fingerprint density at radius 1 is 1.20 bits per heavy atom. The molecule has 1 N–H and O–H groups in total. The molecule has 0 saturated carbocycles. The van der Waals surface area contributed by atoms with Crippen molar-refractivity contribution in [3.8, 4) is 0 Å². The van der Waals surface area contributed by atoms with Crippen molar-refractivity contribution in [2.45, 2.75) is 12.8 Å². The molecule has 7 heteroatoms. The summed E-state index contributed by atoms with van der Waals surface area (Å²) in [5.41, 5.74) is 0.932. The van der Waals surface area contributed by atoms with Gasteiger partial charge in [-0.1, -0.05) is 15.9 Å². The van der Waals surface area contributed by atoms with Crippen molar-refractivity contribution in [2.75, 3.05) is 6.54 Å². The van der Waals surface area contributed by atoms with Crippen LogP contribution in [0, 0.1) is 0 Å². The molecule has 1 aromatic carbocycles. The molecule has 1 aliphatic heterocycles. The molecule has 0 unspecified atom stereocenters. The predicted molar refractivity (Wildman–Crippen MR) is 74.2 cm³/mol. The van der Waals surface area contributed by atoms with Crippen LogP contribution in [0.5, 0.6) is 0 Å². The van der Waals surface area contributed by atoms with Gasteiger partial charge in [-0.2, -0.15) is 5.10 Å². The molecule has 1 aromatic heterocycles. The van der Waals surface area contributed by atoms with Gasteiger partial charge >= 0.3 is 0 Å². The van der Waals surface area contributed by atoms with Crippen LogP contribution in [0.4, 0.5) is 0 Å². The molecule has 0 saturated heterocycles. The Hall–Kier alpha value is -2.02. The number of fused-ring (bicyclic) bond motifs is 1. The zero-order chi connectivity index (χ0) is 14.1. The lowest BCUT2D eigenvalue weighted by molar-refractivity contribution is 0.0652. The van der Waals surface area contributed by atoms with Gasteiger partial charge in [-0.05, 0) is 24.6 Å². The Balaban J connectivity index is 1.70. The van der Waals surface area contributed by atoms with Crippen molar-refractivity contribution in [3.05, 3.63) is 46.0 Å². The summed E-state index contributed by atoms with van der Waals surface area (Å²) in [6.45, 7) is 0.380. The number of nitrogens with one attached hydrogen (secondary N) is 1. The fourth-order valence-electron chi connectivity index (χ4n) is 2.22. The van der Waals surface area contributed by atoms with E-state index in [2.05, 4.69) is 31.1 Å². The second-order valence-corrected chi connectivity index (χ2v) is 5.40. The van der Waals surface area contributed by atoms with Gasteiger partial charge in [-0.3, -0.25) is 19.6 Å². The lowest BCUT2D eigenvalue weighted by Gasteiger charge is -2.12. The van der Waals surface area contributed by atoms with Crippen LogP contribution in [-0.2, 0) is 6.42 Å². The maximum Gasteiger partial charge on any atom is 0.261 e. The second-order valence-electron chi connectivity index (χ2n) is 4.49. The van der Waals surface area contributed by atoms with E-state index in [1.165, 1.54) is 11.2 Å². The molecule has 0 atom stereocenters. The molecule has 2 amide bonds. The number of H-pyrrole nitrogens is 1. The van der Waals surface area contributed by atoms with Crippen molar-refractivity contribution >= 4 is 27.7 Å². The standard InChI is InChI=1S/C13H11BrN4O2/c14-8-3-4-9-10(6-8)13(20)18(12(9)19)5-1-2-11-15-7-16-17-11/h3-4,6-7H,1-2,5H2,(H,15,16,17). The lowest BCUT2D eigenvalue weighted by Crippen LogP contribution is -2.31. The second kappa shape index (κ2) is 5.16. The number of aryl methyl sites for hydroxylation is 1. The van der Waals surface area contributed by atoms with Gasteiger partial charge in [0.15, 0.2) is 0 Å². The first-order valence-electron chi connectivity index (χ1n) is 6.17. The molecule has 2 aromatic rings. The van der Waals surface area contributed by atoms with Crippen LogP contribution in [0.1, 0.15) is 33.0 Å². The molecular formula is C13H11BrN4O2. The average Bonchev–Trinajstić information content (AvgIpc) is 3.02. The quantitative estimate of drug-likeness (QED) is 0.864. The van der Waals surface area contributed by atoms with Gasteiger partial charge in [0.1, 0.15) is 12.2 Å². The third-order valence-corrected chi connectivity index (χ3v) is 3.69. The third-order valence-electron chi connectivity index (χ3n) is 3.19. The number of aromatic amines is 1. The van der Waals surface area contributed by atoms with E-state index < -0.39 is 0 Å². The summed E-state index contributed by atoms with van der Waals surface area (Å²) in [7, 11) is 0. The number of halogens is 1. The van der Waals surface area contributed by atoms with Crippen LogP contribution in [0.25, 0.3) is 0 Å². The number of carbonyl (C=O) groups excluding carboxylic acids is 2. The molecule has 0 spiro atoms. The molecular weight excluding hydrogens is 324 g/mol. The van der Waals surface area contributed by atoms with Gasteiger partial charge in [0, 0.05) is 17.4 Å². The Morgan fingerprint density at radius 2 is 2.00 bits per heavy atom. The molecule has 3 rings (SSSR count). The predicted octanol–water partition coefficient (Wildman–Crippen LogP) is 1.80. The Kier molecular flexibility index (Phi) is 3.35. The Labute approximate surface area is 123 Å². The van der Waals surface area contributed by atoms with E-state index in [1.54, 1.807) is 18.2 Å². The Bertz CT molecular complexity index is 669. The summed E-state index contributed by atoms with van der Waals surface area (Å²) in [5, 5.41) is 6.51. The number of aromatic nitrogens is 3. The SMILES string of the molecule is O=C1c2ccc(Br)cc2C(=O)N1CCCc1ncn[nH]1. The summed E-state index contributed by atoms with van der Waals surface area (Å²) >= 11 is 3.31. The lowest BCUT2D eigenvalue weighted by atomic mass is 10.1. The van der Waals surface area contributed by atoms with E-state index in [4.69, 9.17) is 0 Å². The number of nitrogens with zero attached hydrogens (tertiary/aromatic N) is 3. The van der Waals surface area contributed by atoms with E-state index in [9.17, 15) is 9.59 Å². The summed E-state index contributed by atoms with van der Waals surface area (Å²) in [5.74, 6) is 0.295. The van der Waals surface area contributed by atoms with Crippen molar-refractivity contribution in [3.63, 3.8) is 0 Å². The molecule has 1 aliphatic rings. The van der Waals surface area contributed by atoms with Gasteiger partial charge in [-0.15, -0.1) is 0 Å². The molecule has 102 valence electrons. The van der Waals surface area contributed by atoms with Crippen molar-refractivity contribution < 1.29 is 9.59 Å². The number of benzene rings is 1. The van der Waals surface area contributed by atoms with Crippen molar-refractivity contribution in [1.82, 2.24) is 20.1 Å². The normalized spacial score (nSPS) is 13.9. The van der Waals surface area contributed by atoms with Crippen LogP contribution in [0.2, 0.25) is 0 Å². The number of rotatable bonds is 4. The zero-order valence-electron chi connectivity index (χ0n) is 10.5. The molecule has 0 bridgehead atoms. The summed E-state index contributed by atoms with van der Waals surface area (Å²) in [6.07, 6.45) is 2.74. The van der Waals surface area contributed by atoms with Gasteiger partial charge in [0.25, 0.3) is 11.8 Å². The van der Waals surface area contributed by atoms with Crippen LogP contribution < -0.4 is 0 Å². The maximum atomic E-state index is 12.2. The average molecular weight is 335 g/mol. The maximum absolute atomic E-state index is 12.2. The highest BCUT2D eigenvalue weighted by atomic mass is 79.9. The highest BCUT2D eigenvalue weighted by Crippen LogP contribution is 2.26. The number of hydrogen-bond donors (Lipinski definition) is 1. The first kappa shape index (κ1) is 13.0. The van der Waals surface area contributed by atoms with Crippen molar-refractivity contribution in [2.24, 2.45) is 0 Å². The van der Waals surface area contributed by atoms with Crippen LogP contribution in [0.3, 0.4) is 0 Å². The zero-order valence-corrected chi connectivity index (χ0v) is 12.1. The first-order chi connectivity index (χ1) is 9.66. The van der Waals surface area contributed by atoms with Gasteiger partial charge in [0.2, 0.25) is 0 Å². The minimum atomic E-state index is -0.233. The third kappa shape index (κ3) is 2.24. The highest BCUT2D eigenvalue weighted by Gasteiger charge is 2.34. The van der Waals surface area contributed by atoms with E-state index >= 15 is 0 Å². The van der Waals surface area contributed by atoms with Gasteiger partial charge in [-0.25, -0.2) is 4.98 Å². The van der Waals surface area contributed by atoms with Gasteiger partial charge in [0.05, 0.1) is 11.1 Å². The largest absolute Gasteiger partial charge is 0.274 e. The number of carbonyl (C=O) groups is 2. The molecule has 0 radical (unpaired) electrons. The monoisotopic (exact) mass is 334 g/mol. The molecule has 20 heavy (non-hydrogen) atoms. The number of hydrogen-bond acceptors (Lipinski definition) is 4. The summed E-state index contributed by atoms with van der Waals surface area (Å²) in [6, 6.07) is 5.13. The fourth-order valence-corrected chi connectivity index (χ4v) is 2.58. The van der Waals surface area contributed by atoms with E-state index in [1.807, 2.05) is 0 Å². The Morgan fingerprint density at radius 3 is 2.75 bits per heavy atom. The fraction of sp³-hybridized carbons (Fsp3) is 0.231. The molecule has 2 heterocycles. The van der Waals surface area contributed by atoms with Crippen LogP contribution >= 0.6 is 15.9 Å². The minimum Gasteiger partial charge on any atom is -0.274 e. The van der Waals surface area contributed by atoms with Crippen LogP contribution in [0.15, 0.2) is 29.0 Å². The van der Waals surface area contributed by atoms with Crippen molar-refractivity contribution in [1.29, 1.82) is 0 Å². The first-order valence-corrected chi connectivity index (χ1v) is 6.96. The topological polar surface area (TPSA) is 79.0 Å². The van der Waals surface area contributed by atoms with E-state index in [0.717, 1.165) is 10.3 Å². The number of imide groups is 1. The molecule has 0 aliphatic carbocycles. The van der Waals surface area contributed by atoms with E-state index in [-0.39, 0.29) is 11.8 Å². The van der Waals surface area contributed by atoms with Gasteiger partial charge < -0.3 is 0 Å².